The minimum Gasteiger partial charge on any atom is -0.457 e. The summed E-state index contributed by atoms with van der Waals surface area (Å²) in [6, 6.07) is 0. The third-order valence-corrected chi connectivity index (χ3v) is 12.2. The van der Waals surface area contributed by atoms with Gasteiger partial charge in [0.25, 0.3) is 0 Å². The van der Waals surface area contributed by atoms with E-state index in [-0.39, 0.29) is 19.2 Å². The van der Waals surface area contributed by atoms with Crippen LogP contribution < -0.4 is 0 Å². The molecule has 4 N–H and O–H groups in total. The number of esters is 1. The van der Waals surface area contributed by atoms with Crippen LogP contribution in [-0.4, -0.2) is 89.6 Å². The number of aliphatic hydroxyl groups is 4. The number of carbonyl (C=O) groups is 1. The van der Waals surface area contributed by atoms with Crippen LogP contribution in [-0.2, 0) is 23.7 Å². The summed E-state index contributed by atoms with van der Waals surface area (Å²) in [6.45, 7) is 4.55. The largest absolute Gasteiger partial charge is 0.457 e. The lowest BCUT2D eigenvalue weighted by molar-refractivity contribution is -0.305. The van der Waals surface area contributed by atoms with Gasteiger partial charge in [0.1, 0.15) is 30.5 Å². The summed E-state index contributed by atoms with van der Waals surface area (Å²) in [6.07, 6.45) is 42.7. The summed E-state index contributed by atoms with van der Waals surface area (Å²) in [4.78, 5) is 12.8. The summed E-state index contributed by atoms with van der Waals surface area (Å²) in [5.74, 6) is -0.319. The molecule has 1 saturated heterocycles. The van der Waals surface area contributed by atoms with Gasteiger partial charge in [-0.2, -0.15) is 0 Å². The molecule has 0 spiro atoms. The van der Waals surface area contributed by atoms with E-state index in [0.717, 1.165) is 51.4 Å². The van der Waals surface area contributed by atoms with Gasteiger partial charge >= 0.3 is 5.97 Å². The van der Waals surface area contributed by atoms with Crippen molar-refractivity contribution in [1.82, 2.24) is 0 Å². The maximum Gasteiger partial charge on any atom is 0.306 e. The van der Waals surface area contributed by atoms with Crippen molar-refractivity contribution in [3.63, 3.8) is 0 Å². The van der Waals surface area contributed by atoms with Gasteiger partial charge in [-0.1, -0.05) is 219 Å². The molecule has 6 unspecified atom stereocenters. The van der Waals surface area contributed by atoms with Crippen LogP contribution in [0.4, 0.5) is 0 Å². The number of hydrogen-bond acceptors (Lipinski definition) is 9. The third-order valence-electron chi connectivity index (χ3n) is 12.2. The normalized spacial score (nSPS) is 20.0. The molecule has 0 aromatic carbocycles. The van der Waals surface area contributed by atoms with E-state index in [0.29, 0.717) is 13.0 Å². The molecule has 1 aliphatic rings. The molecule has 0 saturated carbocycles. The minimum atomic E-state index is -1.53. The molecule has 9 nitrogen and oxygen atoms in total. The molecular formula is C51H98O9. The van der Waals surface area contributed by atoms with Gasteiger partial charge in [-0.3, -0.25) is 4.79 Å². The Balaban J connectivity index is 2.10. The quantitative estimate of drug-likeness (QED) is 0.0268. The zero-order valence-electron chi connectivity index (χ0n) is 39.2. The molecule has 0 amide bonds. The van der Waals surface area contributed by atoms with Gasteiger partial charge in [0.2, 0.25) is 0 Å². The zero-order chi connectivity index (χ0) is 43.6. The molecule has 6 atom stereocenters. The van der Waals surface area contributed by atoms with E-state index in [1.54, 1.807) is 0 Å². The Bertz CT molecular complexity index is 930. The Labute approximate surface area is 369 Å². The second-order valence-corrected chi connectivity index (χ2v) is 18.0. The summed E-state index contributed by atoms with van der Waals surface area (Å²) in [5.41, 5.74) is 0. The van der Waals surface area contributed by atoms with Crippen molar-refractivity contribution in [1.29, 1.82) is 0 Å². The first-order valence-corrected chi connectivity index (χ1v) is 25.8. The van der Waals surface area contributed by atoms with Crippen LogP contribution in [0.1, 0.15) is 245 Å². The average Bonchev–Trinajstić information content (AvgIpc) is 3.25. The molecule has 356 valence electrons. The van der Waals surface area contributed by atoms with Crippen LogP contribution in [0.5, 0.6) is 0 Å². The molecule has 0 radical (unpaired) electrons. The molecule has 1 aliphatic heterocycles. The van der Waals surface area contributed by atoms with Crippen LogP contribution in [0.3, 0.4) is 0 Å². The lowest BCUT2D eigenvalue weighted by atomic mass is 9.99. The smallest absolute Gasteiger partial charge is 0.306 e. The molecular weight excluding hydrogens is 757 g/mol. The van der Waals surface area contributed by atoms with E-state index in [4.69, 9.17) is 18.9 Å². The van der Waals surface area contributed by atoms with E-state index in [1.165, 1.54) is 173 Å². The second kappa shape index (κ2) is 43.2. The first kappa shape index (κ1) is 56.9. The first-order valence-electron chi connectivity index (χ1n) is 25.8. The lowest BCUT2D eigenvalue weighted by Crippen LogP contribution is -2.59. The fraction of sp³-hybridized carbons (Fsp3) is 0.941. The number of unbranched alkanes of at least 4 members (excludes halogenated alkanes) is 32. The summed E-state index contributed by atoms with van der Waals surface area (Å²) < 4.78 is 22.8. The zero-order valence-corrected chi connectivity index (χ0v) is 39.2. The minimum absolute atomic E-state index is 0.111. The molecule has 60 heavy (non-hydrogen) atoms. The van der Waals surface area contributed by atoms with Gasteiger partial charge in [0, 0.05) is 13.0 Å². The molecule has 0 aromatic rings. The molecule has 0 aromatic heterocycles. The number of ether oxygens (including phenoxy) is 4. The van der Waals surface area contributed by atoms with Crippen LogP contribution in [0, 0.1) is 0 Å². The van der Waals surface area contributed by atoms with E-state index in [2.05, 4.69) is 26.0 Å². The van der Waals surface area contributed by atoms with Crippen LogP contribution in [0.15, 0.2) is 12.2 Å². The Morgan fingerprint density at radius 3 is 1.40 bits per heavy atom. The highest BCUT2D eigenvalue weighted by atomic mass is 16.7. The highest BCUT2D eigenvalue weighted by Gasteiger charge is 2.44. The van der Waals surface area contributed by atoms with Crippen molar-refractivity contribution >= 4 is 5.97 Å². The number of carbonyl (C=O) groups excluding carboxylic acids is 1. The number of aliphatic hydroxyl groups excluding tert-OH is 4. The van der Waals surface area contributed by atoms with Crippen molar-refractivity contribution in [2.24, 2.45) is 0 Å². The van der Waals surface area contributed by atoms with Gasteiger partial charge in [0.15, 0.2) is 6.29 Å². The summed E-state index contributed by atoms with van der Waals surface area (Å²) in [7, 11) is 0. The van der Waals surface area contributed by atoms with Gasteiger partial charge in [-0.15, -0.1) is 0 Å². The van der Waals surface area contributed by atoms with Gasteiger partial charge < -0.3 is 39.4 Å². The van der Waals surface area contributed by atoms with Gasteiger partial charge in [-0.05, 0) is 32.1 Å². The van der Waals surface area contributed by atoms with E-state index in [1.807, 2.05) is 0 Å². The van der Waals surface area contributed by atoms with Gasteiger partial charge in [0.05, 0.1) is 19.8 Å². The molecule has 1 rings (SSSR count). The van der Waals surface area contributed by atoms with Crippen LogP contribution in [0.2, 0.25) is 0 Å². The Kier molecular flexibility index (Phi) is 41.0. The van der Waals surface area contributed by atoms with E-state index < -0.39 is 43.4 Å². The predicted octanol–water partition coefficient (Wildman–Crippen LogP) is 12.4. The number of allylic oxidation sites excluding steroid dienone is 2. The lowest BCUT2D eigenvalue weighted by Gasteiger charge is -2.39. The molecule has 0 bridgehead atoms. The molecule has 1 heterocycles. The SMILES string of the molecule is CCCC/C=C\CCCCCCCC(=O)OC(COCCCCCCCCCCCCCCCCCCCCCCCCCCCC)COC1OC(CO)C(O)C(O)C1O. The van der Waals surface area contributed by atoms with Crippen LogP contribution in [0.25, 0.3) is 0 Å². The van der Waals surface area contributed by atoms with Crippen molar-refractivity contribution in [2.45, 2.75) is 282 Å². The van der Waals surface area contributed by atoms with E-state index >= 15 is 0 Å². The van der Waals surface area contributed by atoms with Crippen molar-refractivity contribution in [2.75, 3.05) is 26.4 Å². The average molecular weight is 855 g/mol. The monoisotopic (exact) mass is 855 g/mol. The maximum absolute atomic E-state index is 12.8. The topological polar surface area (TPSA) is 135 Å². The standard InChI is InChI=1S/C51H98O9/c1-3-5-7-9-11-13-15-16-17-18-19-20-21-22-23-24-25-26-27-28-29-31-33-35-37-39-41-57-43-45(44-58-51-50(56)49(55)48(54)46(42-52)60-51)59-47(53)40-38-36-34-32-30-14-12-10-8-6-4-2/h10,12,45-46,48-52,54-56H,3-9,11,13-44H2,1-2H3/b12-10-. The van der Waals surface area contributed by atoms with E-state index in [9.17, 15) is 25.2 Å². The second-order valence-electron chi connectivity index (χ2n) is 18.0. The highest BCUT2D eigenvalue weighted by molar-refractivity contribution is 5.69. The predicted molar refractivity (Wildman–Crippen MR) is 247 cm³/mol. The Morgan fingerprint density at radius 1 is 0.517 bits per heavy atom. The molecule has 0 aliphatic carbocycles. The number of rotatable bonds is 45. The fourth-order valence-corrected chi connectivity index (χ4v) is 8.12. The molecule has 9 heteroatoms. The molecule has 1 fully saturated rings. The van der Waals surface area contributed by atoms with Crippen molar-refractivity contribution in [3.8, 4) is 0 Å². The number of hydrogen-bond donors (Lipinski definition) is 4. The first-order chi connectivity index (χ1) is 29.4. The highest BCUT2D eigenvalue weighted by Crippen LogP contribution is 2.23. The van der Waals surface area contributed by atoms with Crippen molar-refractivity contribution in [3.05, 3.63) is 12.2 Å². The maximum atomic E-state index is 12.8. The van der Waals surface area contributed by atoms with Crippen LogP contribution >= 0.6 is 0 Å². The third kappa shape index (κ3) is 33.5. The fourth-order valence-electron chi connectivity index (χ4n) is 8.12. The Hall–Kier alpha value is -1.07. The summed E-state index contributed by atoms with van der Waals surface area (Å²) in [5, 5.41) is 40.1. The summed E-state index contributed by atoms with van der Waals surface area (Å²) >= 11 is 0. The Morgan fingerprint density at radius 2 is 0.933 bits per heavy atom. The van der Waals surface area contributed by atoms with Gasteiger partial charge in [-0.25, -0.2) is 0 Å². The van der Waals surface area contributed by atoms with Crippen molar-refractivity contribution < 1.29 is 44.2 Å².